The first-order valence-corrected chi connectivity index (χ1v) is 3.89. The molecule has 8 heavy (non-hydrogen) atoms. The van der Waals surface area contributed by atoms with Crippen LogP contribution in [0.4, 0.5) is 0 Å². The number of rotatable bonds is 1. The molecular formula is C6H10NS. The third-order valence-corrected chi connectivity index (χ3v) is 1.96. The van der Waals surface area contributed by atoms with E-state index in [2.05, 4.69) is 18.3 Å². The van der Waals surface area contributed by atoms with E-state index in [1.165, 1.54) is 10.8 Å². The highest BCUT2D eigenvalue weighted by molar-refractivity contribution is 8.03. The molecule has 1 saturated heterocycles. The number of hydrogen-bond donors (Lipinski definition) is 1. The van der Waals surface area contributed by atoms with Gasteiger partial charge in [0.1, 0.15) is 0 Å². The third-order valence-electron chi connectivity index (χ3n) is 0.971. The van der Waals surface area contributed by atoms with Crippen molar-refractivity contribution in [1.29, 1.82) is 0 Å². The molecule has 1 aliphatic heterocycles. The summed E-state index contributed by atoms with van der Waals surface area (Å²) in [6.45, 7) is 3.22. The Kier molecular flexibility index (Phi) is 2.27. The van der Waals surface area contributed by atoms with Crippen molar-refractivity contribution in [2.75, 3.05) is 12.3 Å². The molecule has 45 valence electrons. The lowest BCUT2D eigenvalue weighted by Gasteiger charge is -1.91. The van der Waals surface area contributed by atoms with E-state index in [1.807, 2.05) is 11.8 Å². The Bertz CT molecular complexity index is 90.7. The van der Waals surface area contributed by atoms with Crippen LogP contribution in [0.15, 0.2) is 5.03 Å². The second-order valence-electron chi connectivity index (χ2n) is 1.63. The highest BCUT2D eigenvalue weighted by Crippen LogP contribution is 2.16. The summed E-state index contributed by atoms with van der Waals surface area (Å²) >= 11 is 1.86. The van der Waals surface area contributed by atoms with Gasteiger partial charge in [0.2, 0.25) is 0 Å². The van der Waals surface area contributed by atoms with Gasteiger partial charge >= 0.3 is 0 Å². The average molecular weight is 128 g/mol. The fraction of sp³-hybridized carbons (Fsp3) is 0.667. The van der Waals surface area contributed by atoms with Gasteiger partial charge in [-0.15, -0.1) is 11.8 Å². The molecule has 1 heterocycles. The van der Waals surface area contributed by atoms with Gasteiger partial charge in [-0.25, -0.2) is 0 Å². The number of thioether (sulfide) groups is 1. The minimum atomic E-state index is 1.02. The molecule has 1 rings (SSSR count). The Morgan fingerprint density at radius 2 is 2.75 bits per heavy atom. The van der Waals surface area contributed by atoms with Gasteiger partial charge in [0.15, 0.2) is 0 Å². The van der Waals surface area contributed by atoms with Crippen LogP contribution in [0.5, 0.6) is 0 Å². The smallest absolute Gasteiger partial charge is 0.0718 e. The number of allylic oxidation sites excluding steroid dienone is 1. The van der Waals surface area contributed by atoms with Gasteiger partial charge in [-0.1, -0.05) is 6.92 Å². The van der Waals surface area contributed by atoms with Crippen molar-refractivity contribution >= 4 is 11.8 Å². The topological polar surface area (TPSA) is 12.0 Å². The standard InChI is InChI=1S/C6H10NS/c1-2-3-6-7-4-5-8-6/h7H,2,4-5H2,1H3. The molecule has 1 nitrogen and oxygen atoms in total. The molecule has 1 radical (unpaired) electrons. The lowest BCUT2D eigenvalue weighted by Crippen LogP contribution is -2.03. The third kappa shape index (κ3) is 1.44. The Balaban J connectivity index is 2.33. The van der Waals surface area contributed by atoms with Crippen molar-refractivity contribution in [2.45, 2.75) is 13.3 Å². The summed E-state index contributed by atoms with van der Waals surface area (Å²) < 4.78 is 0. The van der Waals surface area contributed by atoms with Crippen molar-refractivity contribution in [3.8, 4) is 0 Å². The van der Waals surface area contributed by atoms with Gasteiger partial charge in [-0.2, -0.15) is 0 Å². The second kappa shape index (κ2) is 3.02. The lowest BCUT2D eigenvalue weighted by atomic mass is 10.5. The van der Waals surface area contributed by atoms with Gasteiger partial charge in [-0.3, -0.25) is 0 Å². The van der Waals surface area contributed by atoms with E-state index in [0.29, 0.717) is 0 Å². The SMILES string of the molecule is CC/[C]=C1/NCCS1. The second-order valence-corrected chi connectivity index (χ2v) is 2.74. The van der Waals surface area contributed by atoms with Crippen LogP contribution in [-0.4, -0.2) is 12.3 Å². The van der Waals surface area contributed by atoms with Crippen molar-refractivity contribution < 1.29 is 0 Å². The zero-order chi connectivity index (χ0) is 5.82. The molecule has 0 aliphatic carbocycles. The number of hydrogen-bond acceptors (Lipinski definition) is 2. The minimum Gasteiger partial charge on any atom is -0.379 e. The highest BCUT2D eigenvalue weighted by Gasteiger charge is 2.03. The Morgan fingerprint density at radius 3 is 3.25 bits per heavy atom. The molecule has 0 aromatic rings. The van der Waals surface area contributed by atoms with Crippen LogP contribution in [0, 0.1) is 6.08 Å². The molecule has 0 atom stereocenters. The first kappa shape index (κ1) is 6.02. The average Bonchev–Trinajstić information content (AvgIpc) is 2.19. The Labute approximate surface area is 54.5 Å². The molecule has 0 aromatic heterocycles. The normalized spacial score (nSPS) is 23.9. The van der Waals surface area contributed by atoms with Crippen LogP contribution in [0.1, 0.15) is 13.3 Å². The molecule has 0 amide bonds. The van der Waals surface area contributed by atoms with Gasteiger partial charge < -0.3 is 5.32 Å². The Morgan fingerprint density at radius 1 is 1.88 bits per heavy atom. The van der Waals surface area contributed by atoms with Crippen LogP contribution in [0.2, 0.25) is 0 Å². The van der Waals surface area contributed by atoms with Crippen LogP contribution < -0.4 is 5.32 Å². The fourth-order valence-corrected chi connectivity index (χ4v) is 1.50. The maximum absolute atomic E-state index is 3.23. The predicted octanol–water partition coefficient (Wildman–Crippen LogP) is 1.38. The van der Waals surface area contributed by atoms with E-state index in [-0.39, 0.29) is 0 Å². The summed E-state index contributed by atoms with van der Waals surface area (Å²) in [7, 11) is 0. The summed E-state index contributed by atoms with van der Waals surface area (Å²) in [6.07, 6.45) is 4.24. The van der Waals surface area contributed by atoms with E-state index in [1.54, 1.807) is 0 Å². The van der Waals surface area contributed by atoms with Gasteiger partial charge in [-0.05, 0) is 12.5 Å². The summed E-state index contributed by atoms with van der Waals surface area (Å²) in [4.78, 5) is 0. The maximum atomic E-state index is 3.23. The van der Waals surface area contributed by atoms with E-state index >= 15 is 0 Å². The first-order valence-electron chi connectivity index (χ1n) is 2.91. The predicted molar refractivity (Wildman–Crippen MR) is 37.5 cm³/mol. The van der Waals surface area contributed by atoms with E-state index < -0.39 is 0 Å². The summed E-state index contributed by atoms with van der Waals surface area (Å²) in [6, 6.07) is 0. The summed E-state index contributed by atoms with van der Waals surface area (Å²) in [5.41, 5.74) is 0. The van der Waals surface area contributed by atoms with E-state index in [9.17, 15) is 0 Å². The highest BCUT2D eigenvalue weighted by atomic mass is 32.2. The molecule has 0 spiro atoms. The molecule has 0 bridgehead atoms. The monoisotopic (exact) mass is 128 g/mol. The van der Waals surface area contributed by atoms with Gasteiger partial charge in [0.05, 0.1) is 5.03 Å². The molecule has 0 unspecified atom stereocenters. The molecule has 2 heteroatoms. The quantitative estimate of drug-likeness (QED) is 0.572. The van der Waals surface area contributed by atoms with Crippen LogP contribution in [-0.2, 0) is 0 Å². The van der Waals surface area contributed by atoms with E-state index in [4.69, 9.17) is 0 Å². The van der Waals surface area contributed by atoms with E-state index in [0.717, 1.165) is 13.0 Å². The van der Waals surface area contributed by atoms with Crippen molar-refractivity contribution in [3.63, 3.8) is 0 Å². The molecule has 0 saturated carbocycles. The van der Waals surface area contributed by atoms with Crippen molar-refractivity contribution in [2.24, 2.45) is 0 Å². The zero-order valence-corrected chi connectivity index (χ0v) is 5.85. The van der Waals surface area contributed by atoms with Crippen LogP contribution in [0.25, 0.3) is 0 Å². The summed E-state index contributed by atoms with van der Waals surface area (Å²) in [5, 5.41) is 4.47. The molecule has 1 N–H and O–H groups in total. The first-order chi connectivity index (χ1) is 3.93. The maximum Gasteiger partial charge on any atom is 0.0718 e. The Hall–Kier alpha value is -0.110. The van der Waals surface area contributed by atoms with Gasteiger partial charge in [0.25, 0.3) is 0 Å². The number of nitrogens with one attached hydrogen (secondary N) is 1. The van der Waals surface area contributed by atoms with Crippen LogP contribution in [0.3, 0.4) is 0 Å². The zero-order valence-electron chi connectivity index (χ0n) is 5.03. The van der Waals surface area contributed by atoms with Gasteiger partial charge in [0, 0.05) is 12.3 Å². The minimum absolute atomic E-state index is 1.02. The molecule has 0 aromatic carbocycles. The van der Waals surface area contributed by atoms with Crippen molar-refractivity contribution in [3.05, 3.63) is 11.1 Å². The lowest BCUT2D eigenvalue weighted by molar-refractivity contribution is 0.931. The van der Waals surface area contributed by atoms with Crippen LogP contribution >= 0.6 is 11.8 Å². The molecule has 1 aliphatic rings. The molecular weight excluding hydrogens is 118 g/mol. The summed E-state index contributed by atoms with van der Waals surface area (Å²) in [5.74, 6) is 1.21. The van der Waals surface area contributed by atoms with Crippen molar-refractivity contribution in [1.82, 2.24) is 5.32 Å². The fourth-order valence-electron chi connectivity index (χ4n) is 0.643. The largest absolute Gasteiger partial charge is 0.379 e. The molecule has 1 fully saturated rings.